The van der Waals surface area contributed by atoms with Crippen molar-refractivity contribution >= 4 is 16.8 Å². The van der Waals surface area contributed by atoms with Crippen molar-refractivity contribution in [2.24, 2.45) is 5.92 Å². The second-order valence-corrected chi connectivity index (χ2v) is 6.65. The molecule has 0 saturated heterocycles. The molecule has 1 aliphatic heterocycles. The molecule has 0 unspecified atom stereocenters. The maximum atomic E-state index is 12.3. The molecular weight excluding hydrogens is 288 g/mol. The molecule has 2 aromatic heterocycles. The summed E-state index contributed by atoms with van der Waals surface area (Å²) < 4.78 is 0. The largest absolute Gasteiger partial charge is 0.353 e. The molecule has 0 bridgehead atoms. The second-order valence-electron chi connectivity index (χ2n) is 6.65. The summed E-state index contributed by atoms with van der Waals surface area (Å²) in [5, 5.41) is 8.74. The fraction of sp³-hybridized carbons (Fsp3) is 0.333. The Morgan fingerprint density at radius 2 is 2.13 bits per heavy atom. The van der Waals surface area contributed by atoms with Crippen LogP contribution in [0.1, 0.15) is 31.5 Å². The summed E-state index contributed by atoms with van der Waals surface area (Å²) in [6, 6.07) is 10.3. The summed E-state index contributed by atoms with van der Waals surface area (Å²) in [4.78, 5) is 17.6. The van der Waals surface area contributed by atoms with E-state index in [-0.39, 0.29) is 5.91 Å². The number of H-pyrrole nitrogens is 2. The van der Waals surface area contributed by atoms with Gasteiger partial charge in [-0.15, -0.1) is 0 Å². The van der Waals surface area contributed by atoms with Gasteiger partial charge in [0.25, 0.3) is 0 Å². The highest BCUT2D eigenvalue weighted by atomic mass is 16.2. The van der Waals surface area contributed by atoms with Gasteiger partial charge in [0.2, 0.25) is 5.91 Å². The van der Waals surface area contributed by atoms with Crippen LogP contribution in [0.3, 0.4) is 0 Å². The molecular formula is C18H20N4O. The maximum absolute atomic E-state index is 12.3. The lowest BCUT2D eigenvalue weighted by Crippen LogP contribution is -2.26. The topological polar surface area (TPSA) is 64.8 Å². The van der Waals surface area contributed by atoms with Crippen LogP contribution in [0.15, 0.2) is 30.3 Å². The first-order valence-electron chi connectivity index (χ1n) is 8.04. The zero-order valence-corrected chi connectivity index (χ0v) is 13.4. The van der Waals surface area contributed by atoms with Gasteiger partial charge in [0.15, 0.2) is 0 Å². The average molecular weight is 308 g/mol. The van der Waals surface area contributed by atoms with Crippen LogP contribution in [0.2, 0.25) is 0 Å². The van der Waals surface area contributed by atoms with Gasteiger partial charge in [-0.25, -0.2) is 0 Å². The highest BCUT2D eigenvalue weighted by Gasteiger charge is 2.29. The van der Waals surface area contributed by atoms with Crippen LogP contribution in [0.4, 0.5) is 0 Å². The number of para-hydroxylation sites is 1. The van der Waals surface area contributed by atoms with Crippen molar-refractivity contribution in [3.05, 3.63) is 41.6 Å². The Hall–Kier alpha value is -2.56. The molecule has 0 spiro atoms. The fourth-order valence-electron chi connectivity index (χ4n) is 3.22. The van der Waals surface area contributed by atoms with Gasteiger partial charge in [0.05, 0.1) is 24.5 Å². The number of nitrogens with zero attached hydrogens (tertiary/aromatic N) is 2. The van der Waals surface area contributed by atoms with Gasteiger partial charge in [0.1, 0.15) is 5.69 Å². The molecule has 2 N–H and O–H groups in total. The molecule has 1 aromatic carbocycles. The molecule has 23 heavy (non-hydrogen) atoms. The van der Waals surface area contributed by atoms with Crippen molar-refractivity contribution in [1.82, 2.24) is 20.1 Å². The van der Waals surface area contributed by atoms with E-state index in [1.165, 1.54) is 5.39 Å². The number of nitrogens with one attached hydrogen (secondary N) is 2. The van der Waals surface area contributed by atoms with Crippen LogP contribution in [0, 0.1) is 5.92 Å². The van der Waals surface area contributed by atoms with Crippen LogP contribution in [0.25, 0.3) is 22.3 Å². The lowest BCUT2D eigenvalue weighted by molar-refractivity contribution is -0.132. The first-order valence-corrected chi connectivity index (χ1v) is 8.04. The molecule has 0 aliphatic carbocycles. The highest BCUT2D eigenvalue weighted by Crippen LogP contribution is 2.32. The van der Waals surface area contributed by atoms with Crippen molar-refractivity contribution in [2.45, 2.75) is 33.4 Å². The first kappa shape index (κ1) is 14.1. The van der Waals surface area contributed by atoms with E-state index >= 15 is 0 Å². The van der Waals surface area contributed by atoms with Gasteiger partial charge in [0, 0.05) is 22.9 Å². The third-order valence-electron chi connectivity index (χ3n) is 4.37. The molecule has 5 nitrogen and oxygen atoms in total. The van der Waals surface area contributed by atoms with Crippen LogP contribution in [0.5, 0.6) is 0 Å². The summed E-state index contributed by atoms with van der Waals surface area (Å²) in [7, 11) is 0. The van der Waals surface area contributed by atoms with Crippen LogP contribution < -0.4 is 0 Å². The Morgan fingerprint density at radius 1 is 1.30 bits per heavy atom. The summed E-state index contributed by atoms with van der Waals surface area (Å²) in [6.07, 6.45) is 0.597. The predicted molar refractivity (Wildman–Crippen MR) is 89.6 cm³/mol. The molecule has 0 fully saturated rings. The van der Waals surface area contributed by atoms with E-state index in [0.29, 0.717) is 25.4 Å². The van der Waals surface area contributed by atoms with Crippen molar-refractivity contribution < 1.29 is 4.79 Å². The predicted octanol–water partition coefficient (Wildman–Crippen LogP) is 3.45. The number of rotatable bonds is 3. The Balaban J connectivity index is 1.64. The van der Waals surface area contributed by atoms with Crippen LogP contribution in [-0.4, -0.2) is 26.0 Å². The number of aromatic amines is 2. The Kier molecular flexibility index (Phi) is 3.22. The Labute approximate surface area is 134 Å². The molecule has 5 heteroatoms. The lowest BCUT2D eigenvalue weighted by atomic mass is 10.1. The van der Waals surface area contributed by atoms with E-state index in [0.717, 1.165) is 28.2 Å². The molecule has 1 amide bonds. The van der Waals surface area contributed by atoms with Gasteiger partial charge in [-0.05, 0) is 18.1 Å². The SMILES string of the molecule is CC(C)CC(=O)N1Cc2[nH]nc(-c3cc4ccccc4[nH]3)c2C1. The van der Waals surface area contributed by atoms with Crippen molar-refractivity contribution in [2.75, 3.05) is 0 Å². The number of amides is 1. The molecule has 4 rings (SSSR count). The summed E-state index contributed by atoms with van der Waals surface area (Å²) in [5.41, 5.74) is 5.22. The fourth-order valence-corrected chi connectivity index (χ4v) is 3.22. The minimum absolute atomic E-state index is 0.215. The Morgan fingerprint density at radius 3 is 2.91 bits per heavy atom. The van der Waals surface area contributed by atoms with Gasteiger partial charge in [-0.1, -0.05) is 32.0 Å². The Bertz CT molecular complexity index is 841. The summed E-state index contributed by atoms with van der Waals surface area (Å²) in [6.45, 7) is 5.42. The third-order valence-corrected chi connectivity index (χ3v) is 4.37. The zero-order valence-electron chi connectivity index (χ0n) is 13.4. The highest BCUT2D eigenvalue weighted by molar-refractivity contribution is 5.86. The van der Waals surface area contributed by atoms with Gasteiger partial charge in [-0.3, -0.25) is 9.89 Å². The van der Waals surface area contributed by atoms with E-state index in [2.05, 4.69) is 47.2 Å². The number of benzene rings is 1. The van der Waals surface area contributed by atoms with Crippen LogP contribution in [-0.2, 0) is 17.9 Å². The molecule has 3 aromatic rings. The van der Waals surface area contributed by atoms with Crippen molar-refractivity contribution in [3.63, 3.8) is 0 Å². The number of aromatic nitrogens is 3. The minimum Gasteiger partial charge on any atom is -0.353 e. The number of fused-ring (bicyclic) bond motifs is 2. The van der Waals surface area contributed by atoms with Gasteiger partial charge in [-0.2, -0.15) is 5.10 Å². The first-order chi connectivity index (χ1) is 11.1. The number of hydrogen-bond donors (Lipinski definition) is 2. The standard InChI is InChI=1S/C18H20N4O/c1-11(2)7-17(23)22-9-13-16(10-22)20-21-18(13)15-8-12-5-3-4-6-14(12)19-15/h3-6,8,11,19H,7,9-10H2,1-2H3,(H,20,21). The molecule has 1 aliphatic rings. The van der Waals surface area contributed by atoms with Crippen LogP contribution >= 0.6 is 0 Å². The third kappa shape index (κ3) is 2.42. The quantitative estimate of drug-likeness (QED) is 0.778. The van der Waals surface area contributed by atoms with E-state index in [9.17, 15) is 4.79 Å². The van der Waals surface area contributed by atoms with E-state index in [1.807, 2.05) is 17.0 Å². The lowest BCUT2D eigenvalue weighted by Gasteiger charge is -2.16. The monoisotopic (exact) mass is 308 g/mol. The molecule has 118 valence electrons. The molecule has 0 atom stereocenters. The average Bonchev–Trinajstić information content (AvgIpc) is 3.19. The number of hydrogen-bond acceptors (Lipinski definition) is 2. The number of carbonyl (C=O) groups excluding carboxylic acids is 1. The second kappa shape index (κ2) is 5.26. The summed E-state index contributed by atoms with van der Waals surface area (Å²) >= 11 is 0. The number of carbonyl (C=O) groups is 1. The van der Waals surface area contributed by atoms with Gasteiger partial charge < -0.3 is 9.88 Å². The smallest absolute Gasteiger partial charge is 0.223 e. The zero-order chi connectivity index (χ0) is 16.0. The molecule has 0 radical (unpaired) electrons. The van der Waals surface area contributed by atoms with E-state index in [1.54, 1.807) is 0 Å². The maximum Gasteiger partial charge on any atom is 0.223 e. The van der Waals surface area contributed by atoms with Gasteiger partial charge >= 0.3 is 0 Å². The van der Waals surface area contributed by atoms with E-state index < -0.39 is 0 Å². The van der Waals surface area contributed by atoms with E-state index in [4.69, 9.17) is 0 Å². The minimum atomic E-state index is 0.215. The normalized spacial score (nSPS) is 14.0. The molecule has 3 heterocycles. The van der Waals surface area contributed by atoms with Crippen molar-refractivity contribution in [1.29, 1.82) is 0 Å². The van der Waals surface area contributed by atoms with Crippen molar-refractivity contribution in [3.8, 4) is 11.4 Å². The molecule has 0 saturated carbocycles. The summed E-state index contributed by atoms with van der Waals surface area (Å²) in [5.74, 6) is 0.597.